The molecule has 0 amide bonds. The summed E-state index contributed by atoms with van der Waals surface area (Å²) in [6, 6.07) is 17.0. The summed E-state index contributed by atoms with van der Waals surface area (Å²) in [4.78, 5) is 24.1. The van der Waals surface area contributed by atoms with E-state index in [1.165, 1.54) is 0 Å². The first-order chi connectivity index (χ1) is 10.7. The van der Waals surface area contributed by atoms with Crippen LogP contribution < -0.4 is 5.56 Å². The normalized spacial score (nSPS) is 11.1. The van der Waals surface area contributed by atoms with E-state index >= 15 is 0 Å². The molecule has 0 saturated heterocycles. The lowest BCUT2D eigenvalue weighted by molar-refractivity contribution is 1.15. The van der Waals surface area contributed by atoms with Crippen LogP contribution in [0.15, 0.2) is 63.9 Å². The molecule has 4 aromatic rings. The van der Waals surface area contributed by atoms with Crippen LogP contribution in [-0.4, -0.2) is 15.0 Å². The number of fused-ring (bicyclic) bond motifs is 2. The van der Waals surface area contributed by atoms with E-state index in [0.717, 1.165) is 15.4 Å². The number of hydrogen-bond donors (Lipinski definition) is 1. The van der Waals surface area contributed by atoms with Crippen LogP contribution in [0.4, 0.5) is 0 Å². The van der Waals surface area contributed by atoms with Crippen molar-refractivity contribution in [3.8, 4) is 11.5 Å². The predicted octanol–water partition coefficient (Wildman–Crippen LogP) is 3.90. The Morgan fingerprint density at radius 2 is 1.77 bits per heavy atom. The van der Waals surface area contributed by atoms with E-state index in [1.54, 1.807) is 6.07 Å². The van der Waals surface area contributed by atoms with Gasteiger partial charge in [0.15, 0.2) is 5.82 Å². The van der Waals surface area contributed by atoms with Crippen molar-refractivity contribution in [2.24, 2.45) is 0 Å². The van der Waals surface area contributed by atoms with Crippen LogP contribution in [-0.2, 0) is 0 Å². The molecule has 0 aliphatic heterocycles. The summed E-state index contributed by atoms with van der Waals surface area (Å²) in [5.41, 5.74) is 1.99. The van der Waals surface area contributed by atoms with E-state index in [2.05, 4.69) is 30.9 Å². The molecule has 22 heavy (non-hydrogen) atoms. The highest BCUT2D eigenvalue weighted by Gasteiger charge is 2.08. The maximum Gasteiger partial charge on any atom is 0.259 e. The molecule has 1 N–H and O–H groups in total. The Hall–Kier alpha value is -2.53. The van der Waals surface area contributed by atoms with Crippen molar-refractivity contribution in [3.05, 3.63) is 69.4 Å². The fourth-order valence-corrected chi connectivity index (χ4v) is 2.92. The van der Waals surface area contributed by atoms with Crippen molar-refractivity contribution in [3.63, 3.8) is 0 Å². The van der Waals surface area contributed by atoms with Gasteiger partial charge in [-0.05, 0) is 40.2 Å². The Bertz CT molecular complexity index is 1070. The Balaban J connectivity index is 1.99. The van der Waals surface area contributed by atoms with Crippen LogP contribution in [0.3, 0.4) is 0 Å². The van der Waals surface area contributed by atoms with E-state index in [9.17, 15) is 4.79 Å². The molecule has 0 saturated carbocycles. The molecular weight excluding hydrogens is 342 g/mol. The zero-order valence-corrected chi connectivity index (χ0v) is 13.0. The maximum absolute atomic E-state index is 12.2. The monoisotopic (exact) mass is 351 g/mol. The molecule has 0 spiro atoms. The number of pyridine rings is 1. The Labute approximate surface area is 134 Å². The molecule has 2 heterocycles. The lowest BCUT2D eigenvalue weighted by Gasteiger charge is -2.05. The highest BCUT2D eigenvalue weighted by Crippen LogP contribution is 2.24. The number of benzene rings is 2. The fourth-order valence-electron chi connectivity index (χ4n) is 2.45. The van der Waals surface area contributed by atoms with Gasteiger partial charge in [0.1, 0.15) is 5.69 Å². The molecule has 2 aromatic carbocycles. The minimum Gasteiger partial charge on any atom is -0.305 e. The Morgan fingerprint density at radius 1 is 0.909 bits per heavy atom. The lowest BCUT2D eigenvalue weighted by atomic mass is 10.2. The molecule has 0 aliphatic rings. The lowest BCUT2D eigenvalue weighted by Crippen LogP contribution is -2.09. The van der Waals surface area contributed by atoms with Crippen LogP contribution in [0, 0.1) is 0 Å². The summed E-state index contributed by atoms with van der Waals surface area (Å²) in [5, 5.41) is 1.61. The third-order valence-corrected chi connectivity index (χ3v) is 4.17. The minimum atomic E-state index is -0.158. The molecular formula is C17H10BrN3O. The molecule has 0 fully saturated rings. The molecule has 0 atom stereocenters. The topological polar surface area (TPSA) is 58.6 Å². The van der Waals surface area contributed by atoms with E-state index in [1.807, 2.05) is 48.5 Å². The number of aromatic amines is 1. The van der Waals surface area contributed by atoms with Gasteiger partial charge >= 0.3 is 0 Å². The molecule has 4 nitrogen and oxygen atoms in total. The van der Waals surface area contributed by atoms with Crippen LogP contribution >= 0.6 is 15.9 Å². The standard InChI is InChI=1S/C17H10BrN3O/c18-12-6-3-4-10-8-9-14(19-15(10)12)16-20-13-7-2-1-5-11(13)17(22)21-16/h1-9H,(H,20,21,22). The van der Waals surface area contributed by atoms with Crippen LogP contribution in [0.5, 0.6) is 0 Å². The zero-order valence-electron chi connectivity index (χ0n) is 11.4. The summed E-state index contributed by atoms with van der Waals surface area (Å²) < 4.78 is 0.912. The summed E-state index contributed by atoms with van der Waals surface area (Å²) >= 11 is 3.50. The average molecular weight is 352 g/mol. The molecule has 5 heteroatoms. The van der Waals surface area contributed by atoms with Crippen LogP contribution in [0.2, 0.25) is 0 Å². The van der Waals surface area contributed by atoms with Crippen LogP contribution in [0.1, 0.15) is 0 Å². The van der Waals surface area contributed by atoms with Crippen molar-refractivity contribution in [2.45, 2.75) is 0 Å². The molecule has 106 valence electrons. The third-order valence-electron chi connectivity index (χ3n) is 3.53. The summed E-state index contributed by atoms with van der Waals surface area (Å²) in [6.07, 6.45) is 0. The molecule has 4 rings (SSSR count). The number of aromatic nitrogens is 3. The molecule has 0 radical (unpaired) electrons. The minimum absolute atomic E-state index is 0.158. The van der Waals surface area contributed by atoms with Crippen molar-refractivity contribution < 1.29 is 0 Å². The summed E-state index contributed by atoms with van der Waals surface area (Å²) in [6.45, 7) is 0. The number of H-pyrrole nitrogens is 1. The highest BCUT2D eigenvalue weighted by molar-refractivity contribution is 9.10. The van der Waals surface area contributed by atoms with E-state index in [4.69, 9.17) is 0 Å². The summed E-state index contributed by atoms with van der Waals surface area (Å²) in [7, 11) is 0. The van der Waals surface area contributed by atoms with Gasteiger partial charge in [-0.3, -0.25) is 4.79 Å². The first kappa shape index (κ1) is 13.2. The zero-order chi connectivity index (χ0) is 15.1. The number of rotatable bonds is 1. The Kier molecular flexibility index (Phi) is 3.01. The number of halogens is 1. The van der Waals surface area contributed by atoms with Gasteiger partial charge in [0.25, 0.3) is 5.56 Å². The number of hydrogen-bond acceptors (Lipinski definition) is 3. The molecule has 0 unspecified atom stereocenters. The highest BCUT2D eigenvalue weighted by atomic mass is 79.9. The first-order valence-corrected chi connectivity index (χ1v) is 7.56. The largest absolute Gasteiger partial charge is 0.305 e. The number of nitrogens with one attached hydrogen (secondary N) is 1. The second-order valence-corrected chi connectivity index (χ2v) is 5.79. The second kappa shape index (κ2) is 5.03. The van der Waals surface area contributed by atoms with Gasteiger partial charge in [-0.25, -0.2) is 9.97 Å². The van der Waals surface area contributed by atoms with Crippen molar-refractivity contribution in [1.29, 1.82) is 0 Å². The molecule has 0 aliphatic carbocycles. The van der Waals surface area contributed by atoms with Gasteiger partial charge in [0.05, 0.1) is 16.4 Å². The van der Waals surface area contributed by atoms with Gasteiger partial charge in [-0.2, -0.15) is 0 Å². The van der Waals surface area contributed by atoms with E-state index in [-0.39, 0.29) is 5.56 Å². The third kappa shape index (κ3) is 2.10. The van der Waals surface area contributed by atoms with Gasteiger partial charge in [-0.1, -0.05) is 30.3 Å². The van der Waals surface area contributed by atoms with E-state index < -0.39 is 0 Å². The number of para-hydroxylation sites is 2. The average Bonchev–Trinajstić information content (AvgIpc) is 2.55. The number of nitrogens with zero attached hydrogens (tertiary/aromatic N) is 2. The van der Waals surface area contributed by atoms with Gasteiger partial charge < -0.3 is 4.98 Å². The Morgan fingerprint density at radius 3 is 2.68 bits per heavy atom. The quantitative estimate of drug-likeness (QED) is 0.565. The van der Waals surface area contributed by atoms with Crippen molar-refractivity contribution in [2.75, 3.05) is 0 Å². The predicted molar refractivity (Wildman–Crippen MR) is 90.8 cm³/mol. The van der Waals surface area contributed by atoms with Gasteiger partial charge in [0, 0.05) is 9.86 Å². The van der Waals surface area contributed by atoms with Gasteiger partial charge in [-0.15, -0.1) is 0 Å². The van der Waals surface area contributed by atoms with Crippen molar-refractivity contribution >= 4 is 37.7 Å². The van der Waals surface area contributed by atoms with Crippen LogP contribution in [0.25, 0.3) is 33.3 Å². The van der Waals surface area contributed by atoms with E-state index in [0.29, 0.717) is 22.4 Å². The smallest absolute Gasteiger partial charge is 0.259 e. The fraction of sp³-hybridized carbons (Fsp3) is 0. The molecule has 0 bridgehead atoms. The second-order valence-electron chi connectivity index (χ2n) is 4.94. The SMILES string of the molecule is O=c1[nH]c(-c2ccc3cccc(Br)c3n2)nc2ccccc12. The first-order valence-electron chi connectivity index (χ1n) is 6.77. The molecule has 2 aromatic heterocycles. The van der Waals surface area contributed by atoms with Gasteiger partial charge in [0.2, 0.25) is 0 Å². The summed E-state index contributed by atoms with van der Waals surface area (Å²) in [5.74, 6) is 0.473. The maximum atomic E-state index is 12.2. The van der Waals surface area contributed by atoms with Crippen molar-refractivity contribution in [1.82, 2.24) is 15.0 Å².